The number of nitrogens with zero attached hydrogens (tertiary/aromatic N) is 1. The number of carbonyl (C=O) groups is 1. The van der Waals surface area contributed by atoms with Gasteiger partial charge in [-0.3, -0.25) is 9.69 Å². The Bertz CT molecular complexity index is 936. The fourth-order valence-corrected chi connectivity index (χ4v) is 4.28. The van der Waals surface area contributed by atoms with Crippen molar-refractivity contribution >= 4 is 32.6 Å². The lowest BCUT2D eigenvalue weighted by molar-refractivity contribution is -0.123. The molecule has 0 bridgehead atoms. The Kier molecular flexibility index (Phi) is 5.98. The van der Waals surface area contributed by atoms with Gasteiger partial charge in [-0.2, -0.15) is 0 Å². The molecule has 1 aliphatic rings. The van der Waals surface area contributed by atoms with E-state index >= 15 is 0 Å². The van der Waals surface area contributed by atoms with Gasteiger partial charge in [0, 0.05) is 6.54 Å². The number of furan rings is 1. The van der Waals surface area contributed by atoms with Gasteiger partial charge in [-0.25, -0.2) is 0 Å². The fraction of sp³-hybridized carbons (Fsp3) is 0.318. The molecule has 5 nitrogen and oxygen atoms in total. The highest BCUT2D eigenvalue weighted by Gasteiger charge is 2.26. The lowest BCUT2D eigenvalue weighted by Gasteiger charge is -2.26. The summed E-state index contributed by atoms with van der Waals surface area (Å²) in [6, 6.07) is 15.9. The molecule has 1 aromatic heterocycles. The number of halogens is 1. The summed E-state index contributed by atoms with van der Waals surface area (Å²) in [6.07, 6.45) is 4.05. The topological polar surface area (TPSA) is 54.7 Å². The van der Waals surface area contributed by atoms with E-state index in [4.69, 9.17) is 9.15 Å². The highest BCUT2D eigenvalue weighted by atomic mass is 79.9. The van der Waals surface area contributed by atoms with Crippen LogP contribution in [0.2, 0.25) is 0 Å². The highest BCUT2D eigenvalue weighted by Crippen LogP contribution is 2.33. The number of ether oxygens (including phenoxy) is 1. The molecule has 0 aliphatic carbocycles. The van der Waals surface area contributed by atoms with E-state index in [-0.39, 0.29) is 18.6 Å². The van der Waals surface area contributed by atoms with E-state index in [1.165, 1.54) is 12.8 Å². The van der Waals surface area contributed by atoms with Gasteiger partial charge >= 0.3 is 0 Å². The molecule has 4 rings (SSSR count). The highest BCUT2D eigenvalue weighted by molar-refractivity contribution is 9.10. The van der Waals surface area contributed by atoms with Crippen molar-refractivity contribution < 1.29 is 13.9 Å². The van der Waals surface area contributed by atoms with E-state index in [1.807, 2.05) is 48.5 Å². The molecule has 1 aliphatic heterocycles. The molecular formula is C22H23BrN2O3. The number of fused-ring (bicyclic) bond motifs is 1. The Morgan fingerprint density at radius 2 is 1.96 bits per heavy atom. The van der Waals surface area contributed by atoms with Crippen molar-refractivity contribution in [3.63, 3.8) is 0 Å². The standard InChI is InChI=1S/C22H23BrN2O3/c23-22-17-7-2-1-6-16(17)9-10-20(22)28-15-21(26)24-14-18(19-8-5-13-27-19)25-11-3-4-12-25/h1-2,5-10,13,18H,3-4,11-12,14-15H2,(H,24,26). The van der Waals surface area contributed by atoms with Crippen molar-refractivity contribution in [1.82, 2.24) is 10.2 Å². The molecule has 6 heteroatoms. The molecular weight excluding hydrogens is 420 g/mol. The van der Waals surface area contributed by atoms with E-state index in [1.54, 1.807) is 6.26 Å². The number of likely N-dealkylation sites (tertiary alicyclic amines) is 1. The molecule has 0 spiro atoms. The summed E-state index contributed by atoms with van der Waals surface area (Å²) in [5.74, 6) is 1.41. The van der Waals surface area contributed by atoms with Gasteiger partial charge in [-0.15, -0.1) is 0 Å². The van der Waals surface area contributed by atoms with E-state index in [9.17, 15) is 4.79 Å². The van der Waals surface area contributed by atoms with Crippen molar-refractivity contribution in [2.24, 2.45) is 0 Å². The summed E-state index contributed by atoms with van der Waals surface area (Å²) < 4.78 is 12.2. The molecule has 2 heterocycles. The van der Waals surface area contributed by atoms with E-state index in [0.717, 1.165) is 34.1 Å². The molecule has 3 aromatic rings. The molecule has 1 unspecified atom stereocenters. The van der Waals surface area contributed by atoms with E-state index in [0.29, 0.717) is 12.3 Å². The van der Waals surface area contributed by atoms with Gasteiger partial charge in [-0.05, 0) is 70.8 Å². The lowest BCUT2D eigenvalue weighted by Crippen LogP contribution is -2.38. The minimum Gasteiger partial charge on any atom is -0.483 e. The van der Waals surface area contributed by atoms with Crippen LogP contribution in [-0.4, -0.2) is 37.0 Å². The van der Waals surface area contributed by atoms with Gasteiger partial charge in [0.25, 0.3) is 5.91 Å². The van der Waals surface area contributed by atoms with Gasteiger partial charge in [0.15, 0.2) is 6.61 Å². The molecule has 146 valence electrons. The molecule has 28 heavy (non-hydrogen) atoms. The number of benzene rings is 2. The Hall–Kier alpha value is -2.31. The van der Waals surface area contributed by atoms with Crippen LogP contribution in [0.25, 0.3) is 10.8 Å². The molecule has 1 fully saturated rings. The van der Waals surface area contributed by atoms with Crippen LogP contribution in [0.5, 0.6) is 5.75 Å². The second kappa shape index (κ2) is 8.80. The van der Waals surface area contributed by atoms with Crippen LogP contribution >= 0.6 is 15.9 Å². The monoisotopic (exact) mass is 442 g/mol. The summed E-state index contributed by atoms with van der Waals surface area (Å²) >= 11 is 3.59. The quantitative estimate of drug-likeness (QED) is 0.583. The van der Waals surface area contributed by atoms with Crippen LogP contribution in [0.3, 0.4) is 0 Å². The maximum Gasteiger partial charge on any atom is 0.258 e. The zero-order chi connectivity index (χ0) is 19.3. The summed E-state index contributed by atoms with van der Waals surface area (Å²) in [4.78, 5) is 14.7. The average molecular weight is 443 g/mol. The van der Waals surface area contributed by atoms with Gasteiger partial charge in [0.1, 0.15) is 11.5 Å². The Morgan fingerprint density at radius 3 is 2.75 bits per heavy atom. The molecule has 0 radical (unpaired) electrons. The first-order valence-corrected chi connectivity index (χ1v) is 10.4. The van der Waals surface area contributed by atoms with Crippen LogP contribution in [0.4, 0.5) is 0 Å². The summed E-state index contributed by atoms with van der Waals surface area (Å²) in [5, 5.41) is 5.18. The van der Waals surface area contributed by atoms with Crippen LogP contribution in [0.15, 0.2) is 63.7 Å². The fourth-order valence-electron chi connectivity index (χ4n) is 3.67. The Balaban J connectivity index is 1.36. The number of amides is 1. The first-order chi connectivity index (χ1) is 13.7. The van der Waals surface area contributed by atoms with Gasteiger partial charge in [0.2, 0.25) is 0 Å². The van der Waals surface area contributed by atoms with Crippen LogP contribution in [-0.2, 0) is 4.79 Å². The third kappa shape index (κ3) is 4.23. The molecule has 2 aromatic carbocycles. The minimum absolute atomic E-state index is 0.0260. The number of rotatable bonds is 7. The zero-order valence-corrected chi connectivity index (χ0v) is 17.2. The van der Waals surface area contributed by atoms with Crippen LogP contribution in [0, 0.1) is 0 Å². The Labute approximate surface area is 172 Å². The average Bonchev–Trinajstić information content (AvgIpc) is 3.43. The maximum atomic E-state index is 12.4. The van der Waals surface area contributed by atoms with Crippen LogP contribution < -0.4 is 10.1 Å². The molecule has 1 atom stereocenters. The summed E-state index contributed by atoms with van der Waals surface area (Å²) in [7, 11) is 0. The first-order valence-electron chi connectivity index (χ1n) is 9.56. The SMILES string of the molecule is O=C(COc1ccc2ccccc2c1Br)NCC(c1ccco1)N1CCCC1. The number of nitrogens with one attached hydrogen (secondary N) is 1. The van der Waals surface area contributed by atoms with Crippen LogP contribution in [0.1, 0.15) is 24.6 Å². The number of carbonyl (C=O) groups excluding carboxylic acids is 1. The third-order valence-electron chi connectivity index (χ3n) is 5.13. The normalized spacial score (nSPS) is 15.6. The Morgan fingerprint density at radius 1 is 1.14 bits per heavy atom. The molecule has 1 saturated heterocycles. The van der Waals surface area contributed by atoms with E-state index in [2.05, 4.69) is 26.1 Å². The number of hydrogen-bond donors (Lipinski definition) is 1. The smallest absolute Gasteiger partial charge is 0.258 e. The van der Waals surface area contributed by atoms with Gasteiger partial charge < -0.3 is 14.5 Å². The molecule has 0 saturated carbocycles. The molecule has 1 N–H and O–H groups in total. The second-order valence-electron chi connectivity index (χ2n) is 6.97. The predicted molar refractivity (Wildman–Crippen MR) is 112 cm³/mol. The van der Waals surface area contributed by atoms with Crippen molar-refractivity contribution in [3.05, 3.63) is 65.0 Å². The van der Waals surface area contributed by atoms with Gasteiger partial charge in [0.05, 0.1) is 16.8 Å². The van der Waals surface area contributed by atoms with Crippen molar-refractivity contribution in [3.8, 4) is 5.75 Å². The van der Waals surface area contributed by atoms with Gasteiger partial charge in [-0.1, -0.05) is 30.3 Å². The van der Waals surface area contributed by atoms with Crippen molar-refractivity contribution in [1.29, 1.82) is 0 Å². The maximum absolute atomic E-state index is 12.4. The number of hydrogen-bond acceptors (Lipinski definition) is 4. The summed E-state index contributed by atoms with van der Waals surface area (Å²) in [6.45, 7) is 2.54. The summed E-state index contributed by atoms with van der Waals surface area (Å²) in [5.41, 5.74) is 0. The van der Waals surface area contributed by atoms with Crippen molar-refractivity contribution in [2.45, 2.75) is 18.9 Å². The predicted octanol–water partition coefficient (Wildman–Crippen LogP) is 4.53. The zero-order valence-electron chi connectivity index (χ0n) is 15.6. The third-order valence-corrected chi connectivity index (χ3v) is 5.95. The van der Waals surface area contributed by atoms with Crippen molar-refractivity contribution in [2.75, 3.05) is 26.2 Å². The second-order valence-corrected chi connectivity index (χ2v) is 7.76. The first kappa shape index (κ1) is 19.0. The largest absolute Gasteiger partial charge is 0.483 e. The minimum atomic E-state index is -0.143. The van der Waals surface area contributed by atoms with E-state index < -0.39 is 0 Å². The lowest BCUT2D eigenvalue weighted by atomic mass is 10.1. The molecule has 1 amide bonds.